The van der Waals surface area contributed by atoms with Crippen molar-refractivity contribution in [3.05, 3.63) is 24.3 Å². The molecule has 21 heavy (non-hydrogen) atoms. The summed E-state index contributed by atoms with van der Waals surface area (Å²) in [6, 6.07) is 6.90. The van der Waals surface area contributed by atoms with Crippen LogP contribution in [0.15, 0.2) is 29.2 Å². The molecule has 1 heterocycles. The lowest BCUT2D eigenvalue weighted by molar-refractivity contribution is 0.0340. The molecule has 0 radical (unpaired) electrons. The van der Waals surface area contributed by atoms with Gasteiger partial charge in [0.25, 0.3) is 0 Å². The molecule has 2 rings (SSSR count). The van der Waals surface area contributed by atoms with Crippen LogP contribution in [-0.2, 0) is 14.8 Å². The Balaban J connectivity index is 2.01. The molecule has 2 N–H and O–H groups in total. The van der Waals surface area contributed by atoms with E-state index in [0.29, 0.717) is 6.54 Å². The molecular weight excluding hydrogens is 290 g/mol. The number of hydrogen-bond donors (Lipinski definition) is 2. The Morgan fingerprint density at radius 3 is 2.67 bits per heavy atom. The Bertz CT molecular complexity index is 539. The van der Waals surface area contributed by atoms with E-state index in [9.17, 15) is 8.42 Å². The van der Waals surface area contributed by atoms with Crippen LogP contribution >= 0.6 is 0 Å². The number of ether oxygens (including phenoxy) is 1. The number of likely N-dealkylation sites (N-methyl/N-ethyl adjacent to an activating group) is 1. The minimum Gasteiger partial charge on any atom is -0.374 e. The van der Waals surface area contributed by atoms with Crippen LogP contribution in [0.2, 0.25) is 0 Å². The van der Waals surface area contributed by atoms with Crippen molar-refractivity contribution in [1.82, 2.24) is 10.0 Å². The molecule has 1 aromatic rings. The molecular formula is C14H23N3O3S. The van der Waals surface area contributed by atoms with Crippen molar-refractivity contribution in [2.75, 3.05) is 44.7 Å². The number of sulfonamides is 1. The molecule has 6 nitrogen and oxygen atoms in total. The first-order valence-corrected chi connectivity index (χ1v) is 8.64. The Kier molecular flexibility index (Phi) is 5.58. The highest BCUT2D eigenvalue weighted by Gasteiger charge is 2.17. The van der Waals surface area contributed by atoms with Crippen LogP contribution < -0.4 is 14.9 Å². The minimum atomic E-state index is -3.38. The zero-order valence-electron chi connectivity index (χ0n) is 12.5. The fraction of sp³-hybridized carbons (Fsp3) is 0.571. The van der Waals surface area contributed by atoms with Gasteiger partial charge in [-0.1, -0.05) is 6.92 Å². The molecule has 118 valence electrons. The molecule has 0 spiro atoms. The lowest BCUT2D eigenvalue weighted by Crippen LogP contribution is -2.44. The maximum Gasteiger partial charge on any atom is 0.240 e. The molecule has 1 aromatic carbocycles. The number of hydrogen-bond acceptors (Lipinski definition) is 5. The fourth-order valence-electron chi connectivity index (χ4n) is 2.30. The average Bonchev–Trinajstić information content (AvgIpc) is 2.48. The van der Waals surface area contributed by atoms with E-state index < -0.39 is 10.0 Å². The third-order valence-electron chi connectivity index (χ3n) is 3.40. The summed E-state index contributed by atoms with van der Waals surface area (Å²) in [6.07, 6.45) is 0.161. The summed E-state index contributed by atoms with van der Waals surface area (Å²) in [7, 11) is -1.41. The van der Waals surface area contributed by atoms with Gasteiger partial charge in [-0.25, -0.2) is 13.1 Å². The Morgan fingerprint density at radius 1 is 1.38 bits per heavy atom. The van der Waals surface area contributed by atoms with E-state index in [1.54, 1.807) is 19.1 Å². The normalized spacial score (nSPS) is 19.4. The molecule has 0 bridgehead atoms. The summed E-state index contributed by atoms with van der Waals surface area (Å²) in [5.41, 5.74) is 0.972. The second kappa shape index (κ2) is 7.22. The first-order valence-electron chi connectivity index (χ1n) is 7.16. The van der Waals surface area contributed by atoms with Crippen molar-refractivity contribution < 1.29 is 13.2 Å². The zero-order chi connectivity index (χ0) is 15.3. The van der Waals surface area contributed by atoms with Gasteiger partial charge >= 0.3 is 0 Å². The van der Waals surface area contributed by atoms with Crippen molar-refractivity contribution in [2.24, 2.45) is 0 Å². The molecule has 0 amide bonds. The smallest absolute Gasteiger partial charge is 0.240 e. The summed E-state index contributed by atoms with van der Waals surface area (Å²) in [5.74, 6) is 0. The average molecular weight is 313 g/mol. The van der Waals surface area contributed by atoms with Gasteiger partial charge in [0, 0.05) is 38.9 Å². The fourth-order valence-corrected chi connectivity index (χ4v) is 3.34. The molecule has 1 unspecified atom stereocenters. The molecule has 1 fully saturated rings. The van der Waals surface area contributed by atoms with Crippen LogP contribution in [0.5, 0.6) is 0 Å². The van der Waals surface area contributed by atoms with Crippen molar-refractivity contribution in [3.63, 3.8) is 0 Å². The summed E-state index contributed by atoms with van der Waals surface area (Å²) < 4.78 is 31.9. The highest BCUT2D eigenvalue weighted by Crippen LogP contribution is 2.17. The predicted octanol–water partition coefficient (Wildman–Crippen LogP) is 0.409. The first-order chi connectivity index (χ1) is 10.0. The van der Waals surface area contributed by atoms with Crippen molar-refractivity contribution >= 4 is 15.7 Å². The SMILES string of the molecule is CCNS(=O)(=O)c1ccc(N(C)CC2CNCCO2)cc1. The highest BCUT2D eigenvalue weighted by atomic mass is 32.2. The highest BCUT2D eigenvalue weighted by molar-refractivity contribution is 7.89. The first kappa shape index (κ1) is 16.2. The van der Waals surface area contributed by atoms with Gasteiger partial charge in [0.05, 0.1) is 17.6 Å². The monoisotopic (exact) mass is 313 g/mol. The topological polar surface area (TPSA) is 70.7 Å². The van der Waals surface area contributed by atoms with Crippen molar-refractivity contribution in [3.8, 4) is 0 Å². The van der Waals surface area contributed by atoms with E-state index in [2.05, 4.69) is 14.9 Å². The van der Waals surface area contributed by atoms with Gasteiger partial charge in [-0.3, -0.25) is 0 Å². The minimum absolute atomic E-state index is 0.161. The quantitative estimate of drug-likeness (QED) is 0.796. The molecule has 1 aliphatic heterocycles. The van der Waals surface area contributed by atoms with Gasteiger partial charge < -0.3 is 15.0 Å². The maximum absolute atomic E-state index is 11.9. The molecule has 1 saturated heterocycles. The maximum atomic E-state index is 11.9. The number of nitrogens with zero attached hydrogens (tertiary/aromatic N) is 1. The number of rotatable bonds is 6. The molecule has 1 atom stereocenters. The number of morpholine rings is 1. The van der Waals surface area contributed by atoms with Crippen LogP contribution in [0, 0.1) is 0 Å². The van der Waals surface area contributed by atoms with Crippen LogP contribution in [0.4, 0.5) is 5.69 Å². The predicted molar refractivity (Wildman–Crippen MR) is 83.2 cm³/mol. The van der Waals surface area contributed by atoms with Gasteiger partial charge in [0.1, 0.15) is 0 Å². The van der Waals surface area contributed by atoms with Crippen molar-refractivity contribution in [1.29, 1.82) is 0 Å². The van der Waals surface area contributed by atoms with Gasteiger partial charge in [-0.05, 0) is 24.3 Å². The number of nitrogens with one attached hydrogen (secondary N) is 2. The summed E-state index contributed by atoms with van der Waals surface area (Å²) in [4.78, 5) is 2.36. The zero-order valence-corrected chi connectivity index (χ0v) is 13.3. The van der Waals surface area contributed by atoms with E-state index in [0.717, 1.165) is 31.9 Å². The Hall–Kier alpha value is -1.15. The standard InChI is InChI=1S/C14H23N3O3S/c1-3-16-21(18,19)14-6-4-12(5-7-14)17(2)11-13-10-15-8-9-20-13/h4-7,13,15-16H,3,8-11H2,1-2H3. The van der Waals surface area contributed by atoms with E-state index in [-0.39, 0.29) is 11.0 Å². The van der Waals surface area contributed by atoms with Crippen LogP contribution in [0.3, 0.4) is 0 Å². The summed E-state index contributed by atoms with van der Waals surface area (Å²) in [5, 5.41) is 3.30. The summed E-state index contributed by atoms with van der Waals surface area (Å²) in [6.45, 7) is 5.40. The largest absolute Gasteiger partial charge is 0.374 e. The van der Waals surface area contributed by atoms with E-state index >= 15 is 0 Å². The van der Waals surface area contributed by atoms with E-state index in [1.807, 2.05) is 19.2 Å². The van der Waals surface area contributed by atoms with Crippen molar-refractivity contribution in [2.45, 2.75) is 17.9 Å². The van der Waals surface area contributed by atoms with Crippen LogP contribution in [-0.4, -0.2) is 54.4 Å². The lowest BCUT2D eigenvalue weighted by atomic mass is 10.2. The van der Waals surface area contributed by atoms with Gasteiger partial charge in [0.2, 0.25) is 10.0 Å². The molecule has 7 heteroatoms. The van der Waals surface area contributed by atoms with Gasteiger partial charge in [-0.2, -0.15) is 0 Å². The van der Waals surface area contributed by atoms with Crippen LogP contribution in [0.1, 0.15) is 6.92 Å². The van der Waals surface area contributed by atoms with Crippen LogP contribution in [0.25, 0.3) is 0 Å². The van der Waals surface area contributed by atoms with E-state index in [4.69, 9.17) is 4.74 Å². The molecule has 1 aliphatic rings. The van der Waals surface area contributed by atoms with E-state index in [1.165, 1.54) is 0 Å². The number of anilines is 1. The summed E-state index contributed by atoms with van der Waals surface area (Å²) >= 11 is 0. The third kappa shape index (κ3) is 4.41. The van der Waals surface area contributed by atoms with Gasteiger partial charge in [0.15, 0.2) is 0 Å². The van der Waals surface area contributed by atoms with Gasteiger partial charge in [-0.15, -0.1) is 0 Å². The third-order valence-corrected chi connectivity index (χ3v) is 4.97. The number of benzene rings is 1. The lowest BCUT2D eigenvalue weighted by Gasteiger charge is -2.29. The molecule has 0 saturated carbocycles. The Morgan fingerprint density at radius 2 is 2.10 bits per heavy atom. The molecule has 0 aromatic heterocycles. The second-order valence-corrected chi connectivity index (χ2v) is 6.84. The molecule has 0 aliphatic carbocycles. The Labute approximate surface area is 126 Å². The second-order valence-electron chi connectivity index (χ2n) is 5.07.